The Labute approximate surface area is 150 Å². The van der Waals surface area contributed by atoms with Crippen molar-refractivity contribution in [3.8, 4) is 24.3 Å². The molecule has 0 aliphatic heterocycles. The van der Waals surface area contributed by atoms with Gasteiger partial charge in [0.1, 0.15) is 35.4 Å². The summed E-state index contributed by atoms with van der Waals surface area (Å²) in [6, 6.07) is 20.3. The second-order valence-corrected chi connectivity index (χ2v) is 5.19. The van der Waals surface area contributed by atoms with Crippen LogP contribution in [0.1, 0.15) is 11.1 Å². The third-order valence-corrected chi connectivity index (χ3v) is 3.60. The van der Waals surface area contributed by atoms with Gasteiger partial charge in [-0.15, -0.1) is 0 Å². The summed E-state index contributed by atoms with van der Waals surface area (Å²) in [4.78, 5) is 0. The summed E-state index contributed by atoms with van der Waals surface area (Å²) in [5.74, 6) is 0. The minimum atomic E-state index is -0.218. The van der Waals surface area contributed by atoms with Gasteiger partial charge in [0.15, 0.2) is 0 Å². The van der Waals surface area contributed by atoms with E-state index in [1.165, 1.54) is 0 Å². The number of nitrogens with zero attached hydrogens (tertiary/aromatic N) is 4. The molecule has 2 rings (SSSR count). The van der Waals surface area contributed by atoms with E-state index in [9.17, 15) is 21.0 Å². The molecule has 6 nitrogen and oxygen atoms in total. The molecule has 122 valence electrons. The lowest BCUT2D eigenvalue weighted by molar-refractivity contribution is 1.44. The second kappa shape index (κ2) is 7.84. The van der Waals surface area contributed by atoms with Gasteiger partial charge in [0.25, 0.3) is 0 Å². The molecule has 0 aromatic heterocycles. The zero-order valence-electron chi connectivity index (χ0n) is 13.6. The van der Waals surface area contributed by atoms with E-state index in [-0.39, 0.29) is 22.3 Å². The Morgan fingerprint density at radius 1 is 0.538 bits per heavy atom. The van der Waals surface area contributed by atoms with Crippen molar-refractivity contribution in [1.29, 1.82) is 21.0 Å². The fourth-order valence-corrected chi connectivity index (χ4v) is 2.40. The maximum Gasteiger partial charge on any atom is 0.138 e. The molecular weight excluding hydrogens is 324 g/mol. The average Bonchev–Trinajstić information content (AvgIpc) is 2.66. The summed E-state index contributed by atoms with van der Waals surface area (Å²) in [5, 5.41) is 37.7. The van der Waals surface area contributed by atoms with Gasteiger partial charge in [0.05, 0.1) is 0 Å². The van der Waals surface area contributed by atoms with Crippen LogP contribution in [0.3, 0.4) is 0 Å². The van der Waals surface area contributed by atoms with Gasteiger partial charge in [0, 0.05) is 22.5 Å². The normalized spacial score (nSPS) is 8.92. The van der Waals surface area contributed by atoms with Gasteiger partial charge in [-0.3, -0.25) is 0 Å². The smallest absolute Gasteiger partial charge is 0.138 e. The number of nitrogens with two attached hydrogens (primary N) is 2. The third-order valence-electron chi connectivity index (χ3n) is 3.60. The summed E-state index contributed by atoms with van der Waals surface area (Å²) in [6.45, 7) is 0. The lowest BCUT2D eigenvalue weighted by Gasteiger charge is -2.14. The number of nitriles is 4. The summed E-state index contributed by atoms with van der Waals surface area (Å²) in [6.07, 6.45) is 0. The van der Waals surface area contributed by atoms with Crippen LogP contribution in [0.5, 0.6) is 0 Å². The molecule has 4 N–H and O–H groups in total. The van der Waals surface area contributed by atoms with Gasteiger partial charge in [-0.1, -0.05) is 24.3 Å². The van der Waals surface area contributed by atoms with Crippen LogP contribution in [-0.2, 0) is 0 Å². The van der Waals surface area contributed by atoms with Crippen molar-refractivity contribution in [3.05, 3.63) is 70.8 Å². The van der Waals surface area contributed by atoms with Crippen LogP contribution in [0.2, 0.25) is 0 Å². The van der Waals surface area contributed by atoms with Crippen LogP contribution in [0.15, 0.2) is 59.7 Å². The van der Waals surface area contributed by atoms with Gasteiger partial charge in [-0.2, -0.15) is 21.0 Å². The van der Waals surface area contributed by atoms with E-state index in [1.807, 2.05) is 24.3 Å². The quantitative estimate of drug-likeness (QED) is 0.499. The molecule has 0 unspecified atom stereocenters. The zero-order chi connectivity index (χ0) is 19.1. The maximum atomic E-state index is 9.42. The number of rotatable bonds is 3. The maximum absolute atomic E-state index is 9.42. The molecule has 0 saturated heterocycles. The first kappa shape index (κ1) is 17.8. The minimum Gasteiger partial charge on any atom is -0.399 e. The predicted molar refractivity (Wildman–Crippen MR) is 98.0 cm³/mol. The largest absolute Gasteiger partial charge is 0.399 e. The molecule has 0 heterocycles. The number of nitrogen functional groups attached to an aromatic ring is 2. The Morgan fingerprint density at radius 3 is 1.04 bits per heavy atom. The number of allylic oxidation sites excluding steroid dienone is 4. The van der Waals surface area contributed by atoms with Crippen LogP contribution in [-0.4, -0.2) is 0 Å². The molecule has 2 aromatic carbocycles. The van der Waals surface area contributed by atoms with Crippen molar-refractivity contribution in [2.75, 3.05) is 11.5 Å². The van der Waals surface area contributed by atoms with E-state index in [0.29, 0.717) is 22.5 Å². The van der Waals surface area contributed by atoms with Crippen LogP contribution < -0.4 is 11.5 Å². The molecule has 0 aliphatic carbocycles. The highest BCUT2D eigenvalue weighted by Crippen LogP contribution is 2.36. The van der Waals surface area contributed by atoms with E-state index in [2.05, 4.69) is 0 Å². The Balaban J connectivity index is 2.94. The highest BCUT2D eigenvalue weighted by Gasteiger charge is 2.20. The van der Waals surface area contributed by atoms with Crippen LogP contribution in [0, 0.1) is 45.3 Å². The van der Waals surface area contributed by atoms with Gasteiger partial charge in [0.2, 0.25) is 0 Å². The van der Waals surface area contributed by atoms with Crippen LogP contribution in [0.4, 0.5) is 11.4 Å². The molecule has 0 saturated carbocycles. The topological polar surface area (TPSA) is 147 Å². The molecule has 0 bridgehead atoms. The molecule has 6 heteroatoms. The summed E-state index contributed by atoms with van der Waals surface area (Å²) in [7, 11) is 0. The lowest BCUT2D eigenvalue weighted by Crippen LogP contribution is -1.99. The zero-order valence-corrected chi connectivity index (χ0v) is 13.6. The molecule has 0 aliphatic rings. The van der Waals surface area contributed by atoms with E-state index in [4.69, 9.17) is 11.5 Å². The van der Waals surface area contributed by atoms with Crippen molar-refractivity contribution in [1.82, 2.24) is 0 Å². The van der Waals surface area contributed by atoms with Crippen LogP contribution in [0.25, 0.3) is 11.1 Å². The van der Waals surface area contributed by atoms with Gasteiger partial charge in [-0.05, 0) is 35.4 Å². The van der Waals surface area contributed by atoms with Gasteiger partial charge < -0.3 is 11.5 Å². The monoisotopic (exact) mass is 336 g/mol. The first-order valence-electron chi connectivity index (χ1n) is 7.36. The van der Waals surface area contributed by atoms with Crippen molar-refractivity contribution in [3.63, 3.8) is 0 Å². The van der Waals surface area contributed by atoms with E-state index in [0.717, 1.165) is 0 Å². The Bertz CT molecular complexity index is 939. The van der Waals surface area contributed by atoms with Crippen molar-refractivity contribution < 1.29 is 0 Å². The molecule has 2 aromatic rings. The van der Waals surface area contributed by atoms with E-state index >= 15 is 0 Å². The standard InChI is InChI=1S/C20H12N6/c21-9-15(10-22)19(13-1-5-17(25)6-2-13)20(16(11-23)12-24)14-3-7-18(26)8-4-14/h1-8H,25-26H2. The number of hydrogen-bond acceptors (Lipinski definition) is 6. The van der Waals surface area contributed by atoms with Gasteiger partial charge >= 0.3 is 0 Å². The van der Waals surface area contributed by atoms with E-state index < -0.39 is 0 Å². The van der Waals surface area contributed by atoms with Crippen molar-refractivity contribution in [2.24, 2.45) is 0 Å². The van der Waals surface area contributed by atoms with Gasteiger partial charge in [-0.25, -0.2) is 0 Å². The average molecular weight is 336 g/mol. The molecule has 0 fully saturated rings. The molecule has 26 heavy (non-hydrogen) atoms. The van der Waals surface area contributed by atoms with Crippen LogP contribution >= 0.6 is 0 Å². The first-order chi connectivity index (χ1) is 12.5. The highest BCUT2D eigenvalue weighted by atomic mass is 14.5. The third kappa shape index (κ3) is 3.52. The van der Waals surface area contributed by atoms with E-state index in [1.54, 1.807) is 48.5 Å². The highest BCUT2D eigenvalue weighted by molar-refractivity contribution is 6.11. The predicted octanol–water partition coefficient (Wildman–Crippen LogP) is 3.15. The SMILES string of the molecule is N#CC(C#N)=C(C(=C(C#N)C#N)c1ccc(N)cc1)c1ccc(N)cc1. The second-order valence-electron chi connectivity index (χ2n) is 5.19. The molecule has 0 spiro atoms. The van der Waals surface area contributed by atoms with Crippen molar-refractivity contribution >= 4 is 22.5 Å². The first-order valence-corrected chi connectivity index (χ1v) is 7.36. The molecular formula is C20H12N6. The number of anilines is 2. The summed E-state index contributed by atoms with van der Waals surface area (Å²) >= 11 is 0. The minimum absolute atomic E-state index is 0.192. The summed E-state index contributed by atoms with van der Waals surface area (Å²) < 4.78 is 0. The molecule has 0 amide bonds. The summed E-state index contributed by atoms with van der Waals surface area (Å²) in [5.41, 5.74) is 13.4. The Kier molecular flexibility index (Phi) is 5.38. The fraction of sp³-hybridized carbons (Fsp3) is 0. The Morgan fingerprint density at radius 2 is 0.808 bits per heavy atom. The Hall–Kier alpha value is -4.52. The van der Waals surface area contributed by atoms with Crippen molar-refractivity contribution in [2.45, 2.75) is 0 Å². The lowest BCUT2D eigenvalue weighted by atomic mass is 9.86. The number of hydrogen-bond donors (Lipinski definition) is 2. The number of benzene rings is 2. The molecule has 0 atom stereocenters. The fourth-order valence-electron chi connectivity index (χ4n) is 2.40. The molecule has 0 radical (unpaired) electrons.